The Morgan fingerprint density at radius 2 is 1.92 bits per heavy atom. The van der Waals surface area contributed by atoms with Crippen LogP contribution in [0.25, 0.3) is 10.9 Å². The molecule has 2 N–H and O–H groups in total. The van der Waals surface area contributed by atoms with Gasteiger partial charge in [-0.25, -0.2) is 0 Å². The van der Waals surface area contributed by atoms with E-state index >= 15 is 0 Å². The molecule has 0 aliphatic carbocycles. The van der Waals surface area contributed by atoms with Gasteiger partial charge in [-0.3, -0.25) is 4.98 Å². The Balaban J connectivity index is 1.86. The number of para-hydroxylation sites is 1. The first-order valence-electron chi connectivity index (χ1n) is 8.12. The van der Waals surface area contributed by atoms with Crippen molar-refractivity contribution < 1.29 is 14.6 Å². The fourth-order valence-electron chi connectivity index (χ4n) is 2.86. The van der Waals surface area contributed by atoms with Crippen LogP contribution in [0, 0.1) is 6.92 Å². The summed E-state index contributed by atoms with van der Waals surface area (Å²) in [6, 6.07) is 13.3. The standard InChI is InChI=1S/C20H22N2O3/c1-13-11-21-20-16(8-5-9-18(20)25-3)19(13)22-12-17(23)14-6-4-7-15(10-14)24-2/h4-11,17,23H,12H2,1-3H3,(H,21,22). The van der Waals surface area contributed by atoms with E-state index in [0.717, 1.165) is 39.2 Å². The first kappa shape index (κ1) is 17.0. The van der Waals surface area contributed by atoms with Crippen LogP contribution >= 0.6 is 0 Å². The number of fused-ring (bicyclic) bond motifs is 1. The van der Waals surface area contributed by atoms with Gasteiger partial charge >= 0.3 is 0 Å². The summed E-state index contributed by atoms with van der Waals surface area (Å²) in [6.45, 7) is 2.37. The van der Waals surface area contributed by atoms with E-state index in [-0.39, 0.29) is 0 Å². The van der Waals surface area contributed by atoms with Gasteiger partial charge in [-0.15, -0.1) is 0 Å². The number of aliphatic hydroxyl groups excluding tert-OH is 1. The van der Waals surface area contributed by atoms with Crippen LogP contribution in [0.4, 0.5) is 5.69 Å². The third-order valence-electron chi connectivity index (χ3n) is 4.22. The van der Waals surface area contributed by atoms with Crippen LogP contribution < -0.4 is 14.8 Å². The zero-order chi connectivity index (χ0) is 17.8. The quantitative estimate of drug-likeness (QED) is 0.717. The minimum absolute atomic E-state index is 0.379. The second kappa shape index (κ2) is 7.40. The highest BCUT2D eigenvalue weighted by Crippen LogP contribution is 2.31. The molecule has 1 heterocycles. The molecule has 25 heavy (non-hydrogen) atoms. The molecule has 0 amide bonds. The number of hydrogen-bond acceptors (Lipinski definition) is 5. The van der Waals surface area contributed by atoms with Crippen molar-refractivity contribution in [1.82, 2.24) is 4.98 Å². The van der Waals surface area contributed by atoms with Crippen molar-refractivity contribution in [2.45, 2.75) is 13.0 Å². The van der Waals surface area contributed by atoms with Gasteiger partial charge in [0.25, 0.3) is 0 Å². The normalized spacial score (nSPS) is 12.0. The van der Waals surface area contributed by atoms with Crippen LogP contribution in [0.5, 0.6) is 11.5 Å². The Labute approximate surface area is 147 Å². The lowest BCUT2D eigenvalue weighted by Gasteiger charge is -2.17. The fraction of sp³-hybridized carbons (Fsp3) is 0.250. The summed E-state index contributed by atoms with van der Waals surface area (Å²) in [5, 5.41) is 14.8. The van der Waals surface area contributed by atoms with Gasteiger partial charge in [0, 0.05) is 23.8 Å². The summed E-state index contributed by atoms with van der Waals surface area (Å²) in [6.07, 6.45) is 1.16. The molecule has 0 fully saturated rings. The number of ether oxygens (including phenoxy) is 2. The van der Waals surface area contributed by atoms with Crippen molar-refractivity contribution in [3.8, 4) is 11.5 Å². The van der Waals surface area contributed by atoms with E-state index in [9.17, 15) is 5.11 Å². The zero-order valence-corrected chi connectivity index (χ0v) is 14.6. The van der Waals surface area contributed by atoms with Gasteiger partial charge < -0.3 is 19.9 Å². The number of nitrogens with one attached hydrogen (secondary N) is 1. The van der Waals surface area contributed by atoms with Gasteiger partial charge in [-0.05, 0) is 36.2 Å². The van der Waals surface area contributed by atoms with Crippen LogP contribution in [0.2, 0.25) is 0 Å². The fourth-order valence-corrected chi connectivity index (χ4v) is 2.86. The smallest absolute Gasteiger partial charge is 0.145 e. The molecule has 0 saturated carbocycles. The van der Waals surface area contributed by atoms with Crippen LogP contribution in [0.3, 0.4) is 0 Å². The molecule has 0 bridgehead atoms. The number of methoxy groups -OCH3 is 2. The van der Waals surface area contributed by atoms with Crippen molar-refractivity contribution in [3.05, 3.63) is 59.8 Å². The van der Waals surface area contributed by atoms with Gasteiger partial charge in [-0.2, -0.15) is 0 Å². The maximum atomic E-state index is 10.5. The molecular weight excluding hydrogens is 316 g/mol. The first-order chi connectivity index (χ1) is 12.1. The second-order valence-electron chi connectivity index (χ2n) is 5.85. The van der Waals surface area contributed by atoms with E-state index in [2.05, 4.69) is 10.3 Å². The molecular formula is C20H22N2O3. The van der Waals surface area contributed by atoms with Crippen molar-refractivity contribution in [3.63, 3.8) is 0 Å². The van der Waals surface area contributed by atoms with Gasteiger partial charge in [0.15, 0.2) is 0 Å². The summed E-state index contributed by atoms with van der Waals surface area (Å²) in [4.78, 5) is 4.48. The first-order valence-corrected chi connectivity index (χ1v) is 8.12. The molecule has 0 aliphatic heterocycles. The predicted octanol–water partition coefficient (Wildman–Crippen LogP) is 3.71. The number of hydrogen-bond donors (Lipinski definition) is 2. The maximum absolute atomic E-state index is 10.5. The third kappa shape index (κ3) is 3.51. The Hall–Kier alpha value is -2.79. The minimum atomic E-state index is -0.650. The lowest BCUT2D eigenvalue weighted by molar-refractivity contribution is 0.191. The molecule has 1 unspecified atom stereocenters. The summed E-state index contributed by atoms with van der Waals surface area (Å²) in [5.74, 6) is 1.46. The summed E-state index contributed by atoms with van der Waals surface area (Å²) < 4.78 is 10.6. The molecule has 5 nitrogen and oxygen atoms in total. The molecule has 0 aliphatic rings. The van der Waals surface area contributed by atoms with Gasteiger partial charge in [0.05, 0.1) is 20.3 Å². The minimum Gasteiger partial charge on any atom is -0.497 e. The van der Waals surface area contributed by atoms with E-state index in [1.165, 1.54) is 0 Å². The van der Waals surface area contributed by atoms with E-state index in [4.69, 9.17) is 9.47 Å². The lowest BCUT2D eigenvalue weighted by Crippen LogP contribution is -2.13. The van der Waals surface area contributed by atoms with E-state index in [0.29, 0.717) is 6.54 Å². The predicted molar refractivity (Wildman–Crippen MR) is 99.5 cm³/mol. The number of aromatic nitrogens is 1. The number of aryl methyl sites for hydroxylation is 1. The monoisotopic (exact) mass is 338 g/mol. The second-order valence-corrected chi connectivity index (χ2v) is 5.85. The van der Waals surface area contributed by atoms with Crippen LogP contribution in [-0.4, -0.2) is 30.9 Å². The summed E-state index contributed by atoms with van der Waals surface area (Å²) >= 11 is 0. The summed E-state index contributed by atoms with van der Waals surface area (Å²) in [5.41, 5.74) is 3.57. The van der Waals surface area contributed by atoms with E-state index < -0.39 is 6.10 Å². The Morgan fingerprint density at radius 1 is 1.12 bits per heavy atom. The molecule has 130 valence electrons. The third-order valence-corrected chi connectivity index (χ3v) is 4.22. The molecule has 2 aromatic carbocycles. The van der Waals surface area contributed by atoms with Crippen LogP contribution in [0.1, 0.15) is 17.2 Å². The van der Waals surface area contributed by atoms with Gasteiger partial charge in [0.1, 0.15) is 17.0 Å². The Bertz CT molecular complexity index is 880. The zero-order valence-electron chi connectivity index (χ0n) is 14.6. The number of pyridine rings is 1. The van der Waals surface area contributed by atoms with Crippen molar-refractivity contribution in [2.24, 2.45) is 0 Å². The lowest BCUT2D eigenvalue weighted by atomic mass is 10.1. The Morgan fingerprint density at radius 3 is 2.68 bits per heavy atom. The van der Waals surface area contributed by atoms with E-state index in [1.807, 2.05) is 55.6 Å². The van der Waals surface area contributed by atoms with Gasteiger partial charge in [0.2, 0.25) is 0 Å². The average Bonchev–Trinajstić information content (AvgIpc) is 2.66. The number of anilines is 1. The molecule has 5 heteroatoms. The number of rotatable bonds is 6. The van der Waals surface area contributed by atoms with Crippen LogP contribution in [0.15, 0.2) is 48.7 Å². The SMILES string of the molecule is COc1cccc(C(O)CNc2c(C)cnc3c(OC)cccc23)c1. The number of benzene rings is 2. The van der Waals surface area contributed by atoms with E-state index in [1.54, 1.807) is 14.2 Å². The summed E-state index contributed by atoms with van der Waals surface area (Å²) in [7, 11) is 3.25. The molecule has 1 atom stereocenters. The highest BCUT2D eigenvalue weighted by atomic mass is 16.5. The topological polar surface area (TPSA) is 63.6 Å². The van der Waals surface area contributed by atoms with Gasteiger partial charge in [-0.1, -0.05) is 24.3 Å². The molecule has 0 saturated heterocycles. The highest BCUT2D eigenvalue weighted by molar-refractivity contribution is 5.96. The van der Waals surface area contributed by atoms with Crippen molar-refractivity contribution in [1.29, 1.82) is 0 Å². The number of nitrogens with zero attached hydrogens (tertiary/aromatic N) is 1. The molecule has 1 aromatic heterocycles. The van der Waals surface area contributed by atoms with Crippen molar-refractivity contribution >= 4 is 16.6 Å². The average molecular weight is 338 g/mol. The molecule has 3 aromatic rings. The van der Waals surface area contributed by atoms with Crippen molar-refractivity contribution in [2.75, 3.05) is 26.1 Å². The molecule has 0 radical (unpaired) electrons. The highest BCUT2D eigenvalue weighted by Gasteiger charge is 2.13. The Kier molecular flexibility index (Phi) is 5.05. The molecule has 3 rings (SSSR count). The van der Waals surface area contributed by atoms with Crippen LogP contribution in [-0.2, 0) is 0 Å². The molecule has 0 spiro atoms. The maximum Gasteiger partial charge on any atom is 0.145 e. The largest absolute Gasteiger partial charge is 0.497 e. The number of aliphatic hydroxyl groups is 1.